The molecule has 0 aliphatic rings. The van der Waals surface area contributed by atoms with Crippen LogP contribution in [-0.2, 0) is 0 Å². The molecule has 100 valence electrons. The van der Waals surface area contributed by atoms with Crippen molar-refractivity contribution in [2.75, 3.05) is 5.32 Å². The Labute approximate surface area is 114 Å². The highest BCUT2D eigenvalue weighted by molar-refractivity contribution is 6.12. The first-order valence-electron chi connectivity index (χ1n) is 6.07. The van der Waals surface area contributed by atoms with Gasteiger partial charge < -0.3 is 9.84 Å². The molecule has 0 radical (unpaired) electrons. The number of carbonyl (C=O) groups excluding carboxylic acids is 1. The minimum atomic E-state index is -0.352. The fourth-order valence-corrected chi connectivity index (χ4v) is 2.07. The average Bonchev–Trinajstić information content (AvgIpc) is 2.84. The molecule has 0 fully saturated rings. The molecular weight excluding hydrogens is 259 g/mol. The van der Waals surface area contributed by atoms with Crippen LogP contribution in [0.1, 0.15) is 16.1 Å². The van der Waals surface area contributed by atoms with Crippen LogP contribution in [0.15, 0.2) is 47.0 Å². The number of hydrogen-bond donors (Lipinski definition) is 1. The fraction of sp³-hybridized carbons (Fsp3) is 0.0667. The van der Waals surface area contributed by atoms with Gasteiger partial charge >= 0.3 is 0 Å². The number of halogens is 1. The van der Waals surface area contributed by atoms with Gasteiger partial charge in [-0.25, -0.2) is 4.39 Å². The predicted octanol–water partition coefficient (Wildman–Crippen LogP) is 3.53. The van der Waals surface area contributed by atoms with E-state index < -0.39 is 0 Å². The summed E-state index contributed by atoms with van der Waals surface area (Å²) < 4.78 is 18.6. The molecule has 3 aromatic rings. The lowest BCUT2D eigenvalue weighted by atomic mass is 10.0. The Kier molecular flexibility index (Phi) is 2.95. The van der Waals surface area contributed by atoms with Crippen LogP contribution in [-0.4, -0.2) is 11.1 Å². The van der Waals surface area contributed by atoms with Crippen molar-refractivity contribution in [1.29, 1.82) is 0 Å². The molecule has 0 aliphatic heterocycles. The van der Waals surface area contributed by atoms with Gasteiger partial charge in [0, 0.05) is 17.0 Å². The van der Waals surface area contributed by atoms with Crippen LogP contribution in [0.25, 0.3) is 10.8 Å². The molecule has 5 heteroatoms. The van der Waals surface area contributed by atoms with Gasteiger partial charge in [0.05, 0.1) is 0 Å². The maximum absolute atomic E-state index is 13.7. The van der Waals surface area contributed by atoms with E-state index in [0.717, 1.165) is 0 Å². The van der Waals surface area contributed by atoms with E-state index in [4.69, 9.17) is 4.52 Å². The van der Waals surface area contributed by atoms with Crippen LogP contribution in [0.5, 0.6) is 0 Å². The Bertz CT molecular complexity index is 795. The summed E-state index contributed by atoms with van der Waals surface area (Å²) in [4.78, 5) is 12.2. The Morgan fingerprint density at radius 3 is 2.65 bits per heavy atom. The van der Waals surface area contributed by atoms with E-state index in [0.29, 0.717) is 27.9 Å². The second-order valence-corrected chi connectivity index (χ2v) is 4.42. The van der Waals surface area contributed by atoms with Gasteiger partial charge in [0.15, 0.2) is 5.82 Å². The standard InChI is InChI=1S/C15H11FN2O2/c1-9-8-14(18-20-9)17-15(19)12-6-7-13(16)11-5-3-2-4-10(11)12/h2-8H,1H3,(H,17,18,19). The van der Waals surface area contributed by atoms with Crippen molar-refractivity contribution >= 4 is 22.5 Å². The molecule has 0 bridgehead atoms. The molecular formula is C15H11FN2O2. The first-order chi connectivity index (χ1) is 9.65. The number of nitrogens with zero attached hydrogens (tertiary/aromatic N) is 1. The van der Waals surface area contributed by atoms with Crippen LogP contribution in [0.2, 0.25) is 0 Å². The lowest BCUT2D eigenvalue weighted by molar-refractivity contribution is 0.102. The number of aromatic nitrogens is 1. The van der Waals surface area contributed by atoms with Gasteiger partial charge in [-0.2, -0.15) is 0 Å². The Hall–Kier alpha value is -2.69. The molecule has 1 N–H and O–H groups in total. The average molecular weight is 270 g/mol. The minimum Gasteiger partial charge on any atom is -0.360 e. The number of benzene rings is 2. The van der Waals surface area contributed by atoms with Crippen LogP contribution in [0, 0.1) is 12.7 Å². The number of aryl methyl sites for hydroxylation is 1. The highest BCUT2D eigenvalue weighted by Gasteiger charge is 2.13. The van der Waals surface area contributed by atoms with Crippen molar-refractivity contribution in [2.24, 2.45) is 0 Å². The van der Waals surface area contributed by atoms with E-state index in [9.17, 15) is 9.18 Å². The van der Waals surface area contributed by atoms with Crippen molar-refractivity contribution in [1.82, 2.24) is 5.16 Å². The zero-order valence-electron chi connectivity index (χ0n) is 10.7. The van der Waals surface area contributed by atoms with Gasteiger partial charge in [0.1, 0.15) is 11.6 Å². The molecule has 0 saturated heterocycles. The van der Waals surface area contributed by atoms with E-state index in [1.165, 1.54) is 12.1 Å². The SMILES string of the molecule is Cc1cc(NC(=O)c2ccc(F)c3ccccc23)no1. The number of rotatable bonds is 2. The molecule has 0 atom stereocenters. The van der Waals surface area contributed by atoms with E-state index in [2.05, 4.69) is 10.5 Å². The molecule has 1 amide bonds. The van der Waals surface area contributed by atoms with Crippen molar-refractivity contribution in [3.63, 3.8) is 0 Å². The first-order valence-corrected chi connectivity index (χ1v) is 6.07. The summed E-state index contributed by atoms with van der Waals surface area (Å²) in [6, 6.07) is 11.2. The monoisotopic (exact) mass is 270 g/mol. The second kappa shape index (κ2) is 4.77. The molecule has 1 aromatic heterocycles. The summed E-state index contributed by atoms with van der Waals surface area (Å²) in [7, 11) is 0. The second-order valence-electron chi connectivity index (χ2n) is 4.42. The van der Waals surface area contributed by atoms with Crippen molar-refractivity contribution < 1.29 is 13.7 Å². The predicted molar refractivity (Wildman–Crippen MR) is 73.1 cm³/mol. The molecule has 0 aliphatic carbocycles. The smallest absolute Gasteiger partial charge is 0.257 e. The highest BCUT2D eigenvalue weighted by Crippen LogP contribution is 2.22. The number of nitrogens with one attached hydrogen (secondary N) is 1. The summed E-state index contributed by atoms with van der Waals surface area (Å²) in [6.07, 6.45) is 0. The Morgan fingerprint density at radius 1 is 1.20 bits per heavy atom. The van der Waals surface area contributed by atoms with Gasteiger partial charge in [-0.3, -0.25) is 4.79 Å². The first kappa shape index (κ1) is 12.3. The van der Waals surface area contributed by atoms with Gasteiger partial charge in [-0.05, 0) is 24.4 Å². The number of fused-ring (bicyclic) bond motifs is 1. The molecule has 4 nitrogen and oxygen atoms in total. The third-order valence-electron chi connectivity index (χ3n) is 2.99. The van der Waals surface area contributed by atoms with E-state index in [1.807, 2.05) is 0 Å². The Morgan fingerprint density at radius 2 is 1.95 bits per heavy atom. The van der Waals surface area contributed by atoms with Crippen LogP contribution < -0.4 is 5.32 Å². The zero-order valence-corrected chi connectivity index (χ0v) is 10.7. The fourth-order valence-electron chi connectivity index (χ4n) is 2.07. The normalized spacial score (nSPS) is 10.7. The molecule has 3 rings (SSSR count). The number of hydrogen-bond acceptors (Lipinski definition) is 3. The molecule has 0 saturated carbocycles. The molecule has 20 heavy (non-hydrogen) atoms. The maximum Gasteiger partial charge on any atom is 0.257 e. The lowest BCUT2D eigenvalue weighted by Crippen LogP contribution is -2.12. The van der Waals surface area contributed by atoms with Crippen LogP contribution in [0.4, 0.5) is 10.2 Å². The van der Waals surface area contributed by atoms with Gasteiger partial charge in [0.25, 0.3) is 5.91 Å². The highest BCUT2D eigenvalue weighted by atomic mass is 19.1. The van der Waals surface area contributed by atoms with E-state index >= 15 is 0 Å². The summed E-state index contributed by atoms with van der Waals surface area (Å²) in [5.74, 6) is 0.231. The van der Waals surface area contributed by atoms with Gasteiger partial charge in [-0.1, -0.05) is 29.4 Å². The third-order valence-corrected chi connectivity index (χ3v) is 2.99. The number of amides is 1. The summed E-state index contributed by atoms with van der Waals surface area (Å²) >= 11 is 0. The molecule has 2 aromatic carbocycles. The maximum atomic E-state index is 13.7. The van der Waals surface area contributed by atoms with Crippen LogP contribution in [0.3, 0.4) is 0 Å². The third kappa shape index (κ3) is 2.14. The quantitative estimate of drug-likeness (QED) is 0.775. The minimum absolute atomic E-state index is 0.334. The van der Waals surface area contributed by atoms with Crippen molar-refractivity contribution in [3.05, 3.63) is 59.6 Å². The summed E-state index contributed by atoms with van der Waals surface area (Å²) in [6.45, 7) is 1.73. The topological polar surface area (TPSA) is 55.1 Å². The van der Waals surface area contributed by atoms with Crippen LogP contribution >= 0.6 is 0 Å². The Balaban J connectivity index is 2.01. The summed E-state index contributed by atoms with van der Waals surface area (Å²) in [5, 5.41) is 7.30. The van der Waals surface area contributed by atoms with E-state index in [1.54, 1.807) is 37.3 Å². The largest absolute Gasteiger partial charge is 0.360 e. The number of carbonyl (C=O) groups is 1. The van der Waals surface area contributed by atoms with Gasteiger partial charge in [0.2, 0.25) is 0 Å². The van der Waals surface area contributed by atoms with E-state index in [-0.39, 0.29) is 11.7 Å². The molecule has 0 unspecified atom stereocenters. The summed E-state index contributed by atoms with van der Waals surface area (Å²) in [5.41, 5.74) is 0.391. The van der Waals surface area contributed by atoms with Crippen molar-refractivity contribution in [2.45, 2.75) is 6.92 Å². The molecule has 1 heterocycles. The van der Waals surface area contributed by atoms with Crippen molar-refractivity contribution in [3.8, 4) is 0 Å². The lowest BCUT2D eigenvalue weighted by Gasteiger charge is -2.06. The van der Waals surface area contributed by atoms with Gasteiger partial charge in [-0.15, -0.1) is 0 Å². The zero-order chi connectivity index (χ0) is 14.1. The molecule has 0 spiro atoms. The number of anilines is 1.